The van der Waals surface area contributed by atoms with E-state index in [1.54, 1.807) is 0 Å². The Morgan fingerprint density at radius 2 is 1.75 bits per heavy atom. The topological polar surface area (TPSA) is 41.6 Å². The zero-order valence-corrected chi connectivity index (χ0v) is 15.3. The van der Waals surface area contributed by atoms with Crippen molar-refractivity contribution in [2.45, 2.75) is 33.7 Å². The summed E-state index contributed by atoms with van der Waals surface area (Å²) in [6, 6.07) is 14.9. The number of fused-ring (bicyclic) bond motifs is 1. The van der Waals surface area contributed by atoms with Gasteiger partial charge in [-0.15, -0.1) is 0 Å². The van der Waals surface area contributed by atoms with Gasteiger partial charge in [-0.3, -0.25) is 4.90 Å². The minimum atomic E-state index is -0.378. The lowest BCUT2D eigenvalue weighted by Gasteiger charge is -2.20. The number of benzene rings is 2. The van der Waals surface area contributed by atoms with Crippen molar-refractivity contribution in [3.63, 3.8) is 0 Å². The number of methoxy groups -OCH3 is 1. The summed E-state index contributed by atoms with van der Waals surface area (Å²) in [6.07, 6.45) is 0.872. The molecule has 2 rings (SSSR count). The van der Waals surface area contributed by atoms with Crippen LogP contribution in [0.4, 0.5) is 4.79 Å². The molecule has 0 spiro atoms. The third-order valence-corrected chi connectivity index (χ3v) is 3.55. The van der Waals surface area contributed by atoms with Crippen LogP contribution in [0.15, 0.2) is 42.5 Å². The molecule has 1 amide bonds. The molecule has 0 aliphatic rings. The Labute approximate surface area is 145 Å². The summed E-state index contributed by atoms with van der Waals surface area (Å²) in [7, 11) is 1.38. The maximum absolute atomic E-state index is 11.0. The van der Waals surface area contributed by atoms with E-state index in [1.165, 1.54) is 29.9 Å². The van der Waals surface area contributed by atoms with Crippen LogP contribution < -0.4 is 5.32 Å². The van der Waals surface area contributed by atoms with Gasteiger partial charge < -0.3 is 10.1 Å². The molecule has 2 aromatic carbocycles. The van der Waals surface area contributed by atoms with E-state index in [9.17, 15) is 4.79 Å². The van der Waals surface area contributed by atoms with E-state index in [2.05, 4.69) is 78.2 Å². The van der Waals surface area contributed by atoms with Crippen LogP contribution in [0.2, 0.25) is 0 Å². The van der Waals surface area contributed by atoms with Gasteiger partial charge >= 0.3 is 6.09 Å². The molecule has 4 heteroatoms. The highest BCUT2D eigenvalue weighted by molar-refractivity contribution is 5.82. The molecule has 4 nitrogen and oxygen atoms in total. The fraction of sp³-hybridized carbons (Fsp3) is 0.450. The number of nitrogens with one attached hydrogen (secondary N) is 1. The Kier molecular flexibility index (Phi) is 9.54. The lowest BCUT2D eigenvalue weighted by molar-refractivity contribution is 0.168. The van der Waals surface area contributed by atoms with Gasteiger partial charge in [0.25, 0.3) is 0 Å². The van der Waals surface area contributed by atoms with Crippen LogP contribution >= 0.6 is 0 Å². The van der Waals surface area contributed by atoms with E-state index in [-0.39, 0.29) is 6.09 Å². The molecular weight excluding hydrogens is 300 g/mol. The lowest BCUT2D eigenvalue weighted by Crippen LogP contribution is -2.34. The fourth-order valence-electron chi connectivity index (χ4n) is 2.33. The molecule has 132 valence electrons. The molecule has 0 aliphatic carbocycles. The highest BCUT2D eigenvalue weighted by Crippen LogP contribution is 2.16. The number of alkyl carbamates (subject to hydrolysis) is 1. The predicted octanol–water partition coefficient (Wildman–Crippen LogP) is 4.43. The average Bonchev–Trinajstić information content (AvgIpc) is 2.61. The largest absolute Gasteiger partial charge is 0.453 e. The molecule has 1 N–H and O–H groups in total. The lowest BCUT2D eigenvalue weighted by atomic mass is 10.1. The first kappa shape index (κ1) is 20.0. The summed E-state index contributed by atoms with van der Waals surface area (Å²) in [4.78, 5) is 13.3. The molecule has 0 aromatic heterocycles. The van der Waals surface area contributed by atoms with E-state index in [0.717, 1.165) is 19.6 Å². The monoisotopic (exact) mass is 330 g/mol. The summed E-state index contributed by atoms with van der Waals surface area (Å²) in [5.74, 6) is 0. The summed E-state index contributed by atoms with van der Waals surface area (Å²) in [5.41, 5.74) is 1.29. The number of nitrogens with zero attached hydrogens (tertiary/aromatic N) is 1. The van der Waals surface area contributed by atoms with E-state index < -0.39 is 0 Å². The quantitative estimate of drug-likeness (QED) is 0.851. The maximum Gasteiger partial charge on any atom is 0.406 e. The number of hydrogen-bond acceptors (Lipinski definition) is 3. The Hall–Kier alpha value is -2.07. The van der Waals surface area contributed by atoms with E-state index in [1.807, 2.05) is 0 Å². The highest BCUT2D eigenvalue weighted by atomic mass is 16.5. The van der Waals surface area contributed by atoms with Crippen molar-refractivity contribution < 1.29 is 9.53 Å². The third kappa shape index (κ3) is 7.01. The van der Waals surface area contributed by atoms with Crippen LogP contribution in [-0.2, 0) is 11.3 Å². The SMILES string of the molecule is CCC.CCN(CCNC(=O)OC)Cc1ccc2ccccc2c1. The molecule has 0 unspecified atom stereocenters. The van der Waals surface area contributed by atoms with Crippen LogP contribution in [0.5, 0.6) is 0 Å². The van der Waals surface area contributed by atoms with Gasteiger partial charge in [0.2, 0.25) is 0 Å². The Morgan fingerprint density at radius 3 is 2.38 bits per heavy atom. The zero-order valence-electron chi connectivity index (χ0n) is 15.3. The molecule has 0 fully saturated rings. The van der Waals surface area contributed by atoms with Crippen molar-refractivity contribution in [1.29, 1.82) is 0 Å². The molecule has 0 radical (unpaired) electrons. The van der Waals surface area contributed by atoms with Crippen LogP contribution in [-0.4, -0.2) is 37.7 Å². The van der Waals surface area contributed by atoms with E-state index >= 15 is 0 Å². The van der Waals surface area contributed by atoms with Crippen molar-refractivity contribution in [1.82, 2.24) is 10.2 Å². The second kappa shape index (κ2) is 11.5. The first-order valence-electron chi connectivity index (χ1n) is 8.66. The first-order chi connectivity index (χ1) is 11.6. The number of ether oxygens (including phenoxy) is 1. The Bertz CT molecular complexity index is 613. The summed E-state index contributed by atoms with van der Waals surface area (Å²) >= 11 is 0. The molecule has 0 heterocycles. The van der Waals surface area contributed by atoms with Gasteiger partial charge in [0, 0.05) is 19.6 Å². The predicted molar refractivity (Wildman–Crippen MR) is 101 cm³/mol. The van der Waals surface area contributed by atoms with Gasteiger partial charge in [0.05, 0.1) is 7.11 Å². The van der Waals surface area contributed by atoms with Gasteiger partial charge in [0.1, 0.15) is 0 Å². The van der Waals surface area contributed by atoms with E-state index in [4.69, 9.17) is 0 Å². The van der Waals surface area contributed by atoms with Crippen molar-refractivity contribution in [3.05, 3.63) is 48.0 Å². The van der Waals surface area contributed by atoms with Crippen LogP contribution in [0, 0.1) is 0 Å². The number of carbonyl (C=O) groups excluding carboxylic acids is 1. The van der Waals surface area contributed by atoms with Gasteiger partial charge in [-0.2, -0.15) is 0 Å². The molecule has 24 heavy (non-hydrogen) atoms. The fourth-order valence-corrected chi connectivity index (χ4v) is 2.33. The number of rotatable bonds is 6. The highest BCUT2D eigenvalue weighted by Gasteiger charge is 2.05. The molecule has 0 aliphatic heterocycles. The Morgan fingerprint density at radius 1 is 1.08 bits per heavy atom. The molecular formula is C20H30N2O2. The first-order valence-corrected chi connectivity index (χ1v) is 8.66. The maximum atomic E-state index is 11.0. The van der Waals surface area contributed by atoms with Crippen LogP contribution in [0.1, 0.15) is 32.8 Å². The Balaban J connectivity index is 0.000000891. The molecule has 0 atom stereocenters. The summed E-state index contributed by atoms with van der Waals surface area (Å²) < 4.78 is 4.56. The number of likely N-dealkylation sites (N-methyl/N-ethyl adjacent to an activating group) is 1. The molecule has 0 saturated heterocycles. The van der Waals surface area contributed by atoms with Crippen molar-refractivity contribution in [2.24, 2.45) is 0 Å². The van der Waals surface area contributed by atoms with Gasteiger partial charge in [-0.05, 0) is 28.9 Å². The average molecular weight is 330 g/mol. The van der Waals surface area contributed by atoms with Crippen LogP contribution in [0.25, 0.3) is 10.8 Å². The van der Waals surface area contributed by atoms with Crippen molar-refractivity contribution >= 4 is 16.9 Å². The number of carbonyl (C=O) groups is 1. The summed E-state index contributed by atoms with van der Waals surface area (Å²) in [6.45, 7) is 9.59. The molecule has 0 saturated carbocycles. The molecule has 2 aromatic rings. The second-order valence-corrected chi connectivity index (χ2v) is 5.68. The van der Waals surface area contributed by atoms with E-state index in [0.29, 0.717) is 6.54 Å². The second-order valence-electron chi connectivity index (χ2n) is 5.68. The zero-order chi connectivity index (χ0) is 17.8. The van der Waals surface area contributed by atoms with Gasteiger partial charge in [-0.25, -0.2) is 4.79 Å². The normalized spacial score (nSPS) is 10.2. The molecule has 0 bridgehead atoms. The van der Waals surface area contributed by atoms with Crippen molar-refractivity contribution in [3.8, 4) is 0 Å². The van der Waals surface area contributed by atoms with Crippen LogP contribution in [0.3, 0.4) is 0 Å². The van der Waals surface area contributed by atoms with Gasteiger partial charge in [0.15, 0.2) is 0 Å². The minimum Gasteiger partial charge on any atom is -0.453 e. The standard InChI is InChI=1S/C17H22N2O2.C3H8/c1-3-19(11-10-18-17(20)21-2)13-14-8-9-15-6-4-5-7-16(15)12-14;1-3-2/h4-9,12H,3,10-11,13H2,1-2H3,(H,18,20);3H2,1-2H3. The van der Waals surface area contributed by atoms with Crippen molar-refractivity contribution in [2.75, 3.05) is 26.7 Å². The minimum absolute atomic E-state index is 0.378. The third-order valence-electron chi connectivity index (χ3n) is 3.55. The summed E-state index contributed by atoms with van der Waals surface area (Å²) in [5, 5.41) is 5.23. The number of hydrogen-bond donors (Lipinski definition) is 1. The smallest absolute Gasteiger partial charge is 0.406 e. The van der Waals surface area contributed by atoms with Gasteiger partial charge in [-0.1, -0.05) is 63.6 Å². The number of amides is 1.